The molecular weight excluding hydrogens is 246 g/mol. The average Bonchev–Trinajstić information content (AvgIpc) is 2.46. The fourth-order valence-electron chi connectivity index (χ4n) is 2.58. The van der Waals surface area contributed by atoms with Gasteiger partial charge in [0.2, 0.25) is 0 Å². The fourth-order valence-corrected chi connectivity index (χ4v) is 2.58. The van der Waals surface area contributed by atoms with Gasteiger partial charge in [0.25, 0.3) is 5.69 Å². The third-order valence-corrected chi connectivity index (χ3v) is 3.58. The second-order valence-electron chi connectivity index (χ2n) is 4.69. The number of anilines is 1. The Morgan fingerprint density at radius 2 is 2.32 bits per heavy atom. The second kappa shape index (κ2) is 5.88. The first-order valence-electron chi connectivity index (χ1n) is 6.46. The third-order valence-electron chi connectivity index (χ3n) is 3.58. The van der Waals surface area contributed by atoms with E-state index in [1.165, 1.54) is 6.07 Å². The Balaban J connectivity index is 2.39. The molecule has 1 atom stereocenters. The molecule has 1 heterocycles. The van der Waals surface area contributed by atoms with Gasteiger partial charge in [-0.1, -0.05) is 0 Å². The van der Waals surface area contributed by atoms with E-state index in [0.717, 1.165) is 31.5 Å². The number of piperidine rings is 1. The first kappa shape index (κ1) is 13.6. The standard InChI is InChI=1S/C13H19N3O3/c1-19-13-6-5-10(16(17)18)8-12(13)15-7-3-2-4-11(15)9-14/h5-6,8,11H,2-4,7,9,14H2,1H3. The van der Waals surface area contributed by atoms with Gasteiger partial charge in [-0.3, -0.25) is 10.1 Å². The molecule has 6 nitrogen and oxygen atoms in total. The van der Waals surface area contributed by atoms with Crippen molar-refractivity contribution in [1.82, 2.24) is 0 Å². The van der Waals surface area contributed by atoms with E-state index >= 15 is 0 Å². The van der Waals surface area contributed by atoms with Crippen molar-refractivity contribution < 1.29 is 9.66 Å². The van der Waals surface area contributed by atoms with Crippen LogP contribution in [-0.2, 0) is 0 Å². The SMILES string of the molecule is COc1ccc([N+](=O)[O-])cc1N1CCCCC1CN. The van der Waals surface area contributed by atoms with Crippen LogP contribution in [0.25, 0.3) is 0 Å². The maximum absolute atomic E-state index is 10.9. The van der Waals surface area contributed by atoms with Crippen LogP contribution in [0.1, 0.15) is 19.3 Å². The van der Waals surface area contributed by atoms with Crippen LogP contribution in [0.15, 0.2) is 18.2 Å². The average molecular weight is 265 g/mol. The van der Waals surface area contributed by atoms with E-state index in [0.29, 0.717) is 12.3 Å². The van der Waals surface area contributed by atoms with Crippen molar-refractivity contribution in [3.05, 3.63) is 28.3 Å². The minimum atomic E-state index is -0.385. The Labute approximate surface area is 112 Å². The van der Waals surface area contributed by atoms with Crippen molar-refractivity contribution in [1.29, 1.82) is 0 Å². The highest BCUT2D eigenvalue weighted by Gasteiger charge is 2.25. The molecule has 0 aromatic heterocycles. The molecule has 0 radical (unpaired) electrons. The molecule has 6 heteroatoms. The molecule has 1 aliphatic rings. The van der Waals surface area contributed by atoms with Gasteiger partial charge in [0.15, 0.2) is 0 Å². The number of rotatable bonds is 4. The quantitative estimate of drug-likeness (QED) is 0.664. The summed E-state index contributed by atoms with van der Waals surface area (Å²) in [6.07, 6.45) is 3.24. The predicted molar refractivity (Wildman–Crippen MR) is 73.7 cm³/mol. The summed E-state index contributed by atoms with van der Waals surface area (Å²) >= 11 is 0. The van der Waals surface area contributed by atoms with Gasteiger partial charge in [-0.15, -0.1) is 0 Å². The zero-order valence-corrected chi connectivity index (χ0v) is 11.0. The lowest BCUT2D eigenvalue weighted by Crippen LogP contribution is -2.44. The van der Waals surface area contributed by atoms with Gasteiger partial charge in [-0.25, -0.2) is 0 Å². The van der Waals surface area contributed by atoms with Crippen molar-refractivity contribution in [2.75, 3.05) is 25.1 Å². The number of methoxy groups -OCH3 is 1. The number of ether oxygens (including phenoxy) is 1. The number of hydrogen-bond acceptors (Lipinski definition) is 5. The van der Waals surface area contributed by atoms with Crippen LogP contribution in [0.2, 0.25) is 0 Å². The van der Waals surface area contributed by atoms with Gasteiger partial charge < -0.3 is 15.4 Å². The van der Waals surface area contributed by atoms with Crippen molar-refractivity contribution in [3.8, 4) is 5.75 Å². The third kappa shape index (κ3) is 2.78. The summed E-state index contributed by atoms with van der Waals surface area (Å²) < 4.78 is 5.32. The summed E-state index contributed by atoms with van der Waals surface area (Å²) in [6, 6.07) is 4.91. The van der Waals surface area contributed by atoms with Crippen molar-refractivity contribution in [2.24, 2.45) is 5.73 Å². The number of nitrogens with two attached hydrogens (primary N) is 1. The Kier molecular flexibility index (Phi) is 4.21. The van der Waals surface area contributed by atoms with E-state index in [2.05, 4.69) is 4.90 Å². The van der Waals surface area contributed by atoms with Gasteiger partial charge >= 0.3 is 0 Å². The highest BCUT2D eigenvalue weighted by Crippen LogP contribution is 2.35. The summed E-state index contributed by atoms with van der Waals surface area (Å²) in [5, 5.41) is 10.9. The van der Waals surface area contributed by atoms with Crippen LogP contribution in [0.3, 0.4) is 0 Å². The molecule has 1 aliphatic heterocycles. The van der Waals surface area contributed by atoms with Gasteiger partial charge in [-0.2, -0.15) is 0 Å². The van der Waals surface area contributed by atoms with Gasteiger partial charge in [0.05, 0.1) is 17.7 Å². The largest absolute Gasteiger partial charge is 0.495 e. The normalized spacial score (nSPS) is 19.3. The molecule has 1 fully saturated rings. The summed E-state index contributed by atoms with van der Waals surface area (Å²) in [7, 11) is 1.58. The molecular formula is C13H19N3O3. The fraction of sp³-hybridized carbons (Fsp3) is 0.538. The monoisotopic (exact) mass is 265 g/mol. The van der Waals surface area contributed by atoms with Gasteiger partial charge in [-0.05, 0) is 25.3 Å². The number of hydrogen-bond donors (Lipinski definition) is 1. The van der Waals surface area contributed by atoms with Crippen LogP contribution < -0.4 is 15.4 Å². The van der Waals surface area contributed by atoms with Gasteiger partial charge in [0.1, 0.15) is 5.75 Å². The number of non-ortho nitro benzene ring substituents is 1. The molecule has 0 spiro atoms. The van der Waals surface area contributed by atoms with Crippen LogP contribution in [0.4, 0.5) is 11.4 Å². The zero-order valence-electron chi connectivity index (χ0n) is 11.0. The van der Waals surface area contributed by atoms with Crippen molar-refractivity contribution in [3.63, 3.8) is 0 Å². The summed E-state index contributed by atoms with van der Waals surface area (Å²) in [5.41, 5.74) is 6.65. The van der Waals surface area contributed by atoms with Crippen LogP contribution in [0, 0.1) is 10.1 Å². The summed E-state index contributed by atoms with van der Waals surface area (Å²) in [5.74, 6) is 0.658. The second-order valence-corrected chi connectivity index (χ2v) is 4.69. The minimum absolute atomic E-state index is 0.0807. The van der Waals surface area contributed by atoms with Gasteiger partial charge in [0, 0.05) is 31.3 Å². The molecule has 0 bridgehead atoms. The van der Waals surface area contributed by atoms with E-state index < -0.39 is 0 Å². The Morgan fingerprint density at radius 1 is 1.53 bits per heavy atom. The van der Waals surface area contributed by atoms with E-state index in [4.69, 9.17) is 10.5 Å². The first-order chi connectivity index (χ1) is 9.17. The number of nitrogens with zero attached hydrogens (tertiary/aromatic N) is 2. The number of nitro benzene ring substituents is 1. The Bertz CT molecular complexity index is 464. The van der Waals surface area contributed by atoms with Crippen LogP contribution in [0.5, 0.6) is 5.75 Å². The molecule has 19 heavy (non-hydrogen) atoms. The lowest BCUT2D eigenvalue weighted by molar-refractivity contribution is -0.384. The molecule has 1 saturated heterocycles. The predicted octanol–water partition coefficient (Wildman–Crippen LogP) is 1.92. The van der Waals surface area contributed by atoms with Crippen molar-refractivity contribution in [2.45, 2.75) is 25.3 Å². The highest BCUT2D eigenvalue weighted by atomic mass is 16.6. The molecule has 1 unspecified atom stereocenters. The molecule has 104 valence electrons. The first-order valence-corrected chi connectivity index (χ1v) is 6.46. The lowest BCUT2D eigenvalue weighted by atomic mass is 10.0. The van der Waals surface area contributed by atoms with E-state index in [1.807, 2.05) is 0 Å². The Morgan fingerprint density at radius 3 is 2.95 bits per heavy atom. The molecule has 0 saturated carbocycles. The molecule has 2 N–H and O–H groups in total. The minimum Gasteiger partial charge on any atom is -0.495 e. The molecule has 0 aliphatic carbocycles. The van der Waals surface area contributed by atoms with Crippen molar-refractivity contribution >= 4 is 11.4 Å². The maximum Gasteiger partial charge on any atom is 0.271 e. The van der Waals surface area contributed by atoms with E-state index in [1.54, 1.807) is 19.2 Å². The molecule has 0 amide bonds. The summed E-state index contributed by atoms with van der Waals surface area (Å²) in [6.45, 7) is 1.41. The van der Waals surface area contributed by atoms with E-state index in [9.17, 15) is 10.1 Å². The molecule has 2 rings (SSSR count). The maximum atomic E-state index is 10.9. The molecule has 1 aromatic rings. The highest BCUT2D eigenvalue weighted by molar-refractivity contribution is 5.64. The Hall–Kier alpha value is -1.82. The summed E-state index contributed by atoms with van der Waals surface area (Å²) in [4.78, 5) is 12.7. The van der Waals surface area contributed by atoms with Crippen LogP contribution in [-0.4, -0.2) is 31.2 Å². The smallest absolute Gasteiger partial charge is 0.271 e. The molecule has 1 aromatic carbocycles. The lowest BCUT2D eigenvalue weighted by Gasteiger charge is -2.37. The number of nitro groups is 1. The van der Waals surface area contributed by atoms with E-state index in [-0.39, 0.29) is 16.7 Å². The topological polar surface area (TPSA) is 81.6 Å². The number of benzene rings is 1. The zero-order chi connectivity index (χ0) is 13.8. The van der Waals surface area contributed by atoms with Crippen LogP contribution >= 0.6 is 0 Å².